The summed E-state index contributed by atoms with van der Waals surface area (Å²) in [6.07, 6.45) is 6.68. The maximum absolute atomic E-state index is 6.36. The van der Waals surface area contributed by atoms with E-state index < -0.39 is 0 Å². The number of hydrogen-bond donors (Lipinski definition) is 1. The van der Waals surface area contributed by atoms with Crippen LogP contribution in [-0.2, 0) is 0 Å². The second-order valence-corrected chi connectivity index (χ2v) is 7.47. The highest BCUT2D eigenvalue weighted by Crippen LogP contribution is 2.33. The molecule has 0 saturated heterocycles. The van der Waals surface area contributed by atoms with Gasteiger partial charge in [0.25, 0.3) is 0 Å². The Hall–Kier alpha value is -0.890. The zero-order valence-corrected chi connectivity index (χ0v) is 14.6. The molecule has 1 aliphatic carbocycles. The third-order valence-electron chi connectivity index (χ3n) is 4.39. The molecular weight excluding hydrogens is 280 g/mol. The first kappa shape index (κ1) is 16.5. The summed E-state index contributed by atoms with van der Waals surface area (Å²) in [7, 11) is 4.04. The molecule has 0 spiro atoms. The van der Waals surface area contributed by atoms with E-state index in [-0.39, 0.29) is 0 Å². The lowest BCUT2D eigenvalue weighted by atomic mass is 9.81. The third-order valence-corrected chi connectivity index (χ3v) is 4.69. The summed E-state index contributed by atoms with van der Waals surface area (Å²) in [4.78, 5) is 2.05. The van der Waals surface area contributed by atoms with Crippen molar-refractivity contribution in [1.82, 2.24) is 0 Å². The Morgan fingerprint density at radius 3 is 2.67 bits per heavy atom. The van der Waals surface area contributed by atoms with E-state index in [1.54, 1.807) is 0 Å². The Morgan fingerprint density at radius 1 is 1.29 bits per heavy atom. The van der Waals surface area contributed by atoms with Crippen molar-refractivity contribution in [1.29, 1.82) is 0 Å². The Balaban J connectivity index is 1.96. The maximum atomic E-state index is 6.36. The molecule has 1 N–H and O–H groups in total. The number of nitrogens with zero attached hydrogens (tertiary/aromatic N) is 1. The van der Waals surface area contributed by atoms with E-state index >= 15 is 0 Å². The van der Waals surface area contributed by atoms with Crippen LogP contribution in [0.5, 0.6) is 0 Å². The smallest absolute Gasteiger partial charge is 0.0659 e. The first-order valence-electron chi connectivity index (χ1n) is 8.19. The molecule has 0 aliphatic heterocycles. The molecule has 21 heavy (non-hydrogen) atoms. The number of hydrogen-bond acceptors (Lipinski definition) is 2. The molecule has 0 radical (unpaired) electrons. The average molecular weight is 309 g/mol. The van der Waals surface area contributed by atoms with Crippen molar-refractivity contribution in [2.75, 3.05) is 24.3 Å². The van der Waals surface area contributed by atoms with Gasteiger partial charge in [0.1, 0.15) is 0 Å². The minimum atomic E-state index is 0.601. The second kappa shape index (κ2) is 7.40. The van der Waals surface area contributed by atoms with Gasteiger partial charge in [-0.2, -0.15) is 0 Å². The van der Waals surface area contributed by atoms with E-state index in [2.05, 4.69) is 37.4 Å². The van der Waals surface area contributed by atoms with Crippen molar-refractivity contribution in [3.63, 3.8) is 0 Å². The van der Waals surface area contributed by atoms with Crippen molar-refractivity contribution < 1.29 is 0 Å². The highest BCUT2D eigenvalue weighted by atomic mass is 35.5. The molecule has 2 nitrogen and oxygen atoms in total. The molecule has 0 aromatic heterocycles. The topological polar surface area (TPSA) is 15.3 Å². The molecule has 118 valence electrons. The van der Waals surface area contributed by atoms with Gasteiger partial charge in [-0.15, -0.1) is 0 Å². The lowest BCUT2D eigenvalue weighted by molar-refractivity contribution is 0.289. The predicted octanol–water partition coefficient (Wildman–Crippen LogP) is 5.42. The van der Waals surface area contributed by atoms with E-state index in [1.165, 1.54) is 32.1 Å². The summed E-state index contributed by atoms with van der Waals surface area (Å²) >= 11 is 6.36. The number of halogens is 1. The molecule has 2 atom stereocenters. The van der Waals surface area contributed by atoms with Gasteiger partial charge < -0.3 is 10.2 Å². The fraction of sp³-hybridized carbons (Fsp3) is 0.667. The minimum absolute atomic E-state index is 0.601. The summed E-state index contributed by atoms with van der Waals surface area (Å²) in [5.74, 6) is 1.69. The van der Waals surface area contributed by atoms with E-state index in [1.807, 2.05) is 19.0 Å². The zero-order chi connectivity index (χ0) is 15.4. The van der Waals surface area contributed by atoms with Crippen LogP contribution in [0.4, 0.5) is 11.4 Å². The Morgan fingerprint density at radius 2 is 2.05 bits per heavy atom. The Bertz CT molecular complexity index is 457. The molecule has 1 aliphatic rings. The number of nitrogens with one attached hydrogen (secondary N) is 1. The van der Waals surface area contributed by atoms with Gasteiger partial charge in [0, 0.05) is 25.8 Å². The van der Waals surface area contributed by atoms with Gasteiger partial charge in [0.05, 0.1) is 10.7 Å². The van der Waals surface area contributed by atoms with E-state index in [9.17, 15) is 0 Å². The quantitative estimate of drug-likeness (QED) is 0.781. The van der Waals surface area contributed by atoms with Crippen molar-refractivity contribution in [2.45, 2.75) is 52.0 Å². The summed E-state index contributed by atoms with van der Waals surface area (Å²) in [6, 6.07) is 6.90. The Labute approximate surface area is 134 Å². The lowest BCUT2D eigenvalue weighted by Gasteiger charge is -2.31. The Kier molecular flexibility index (Phi) is 5.80. The minimum Gasteiger partial charge on any atom is -0.382 e. The van der Waals surface area contributed by atoms with Crippen molar-refractivity contribution in [3.05, 3.63) is 23.2 Å². The van der Waals surface area contributed by atoms with Crippen LogP contribution in [0.3, 0.4) is 0 Å². The van der Waals surface area contributed by atoms with Gasteiger partial charge >= 0.3 is 0 Å². The van der Waals surface area contributed by atoms with Crippen molar-refractivity contribution >= 4 is 23.0 Å². The standard InChI is InChI=1S/C18H29ClN2/c1-13(2)10-14-6-5-7-15(11-14)20-16-8-9-18(21(3)4)17(19)12-16/h8-9,12-15,20H,5-7,10-11H2,1-4H3. The summed E-state index contributed by atoms with van der Waals surface area (Å²) in [6.45, 7) is 4.66. The van der Waals surface area contributed by atoms with Gasteiger partial charge in [-0.05, 0) is 49.3 Å². The highest BCUT2D eigenvalue weighted by Gasteiger charge is 2.22. The van der Waals surface area contributed by atoms with E-state index in [0.29, 0.717) is 6.04 Å². The van der Waals surface area contributed by atoms with Gasteiger partial charge in [-0.25, -0.2) is 0 Å². The monoisotopic (exact) mass is 308 g/mol. The molecule has 1 fully saturated rings. The summed E-state index contributed by atoms with van der Waals surface area (Å²) in [5, 5.41) is 4.51. The first-order chi connectivity index (χ1) is 9.95. The molecule has 2 unspecified atom stereocenters. The average Bonchev–Trinajstić information content (AvgIpc) is 2.37. The largest absolute Gasteiger partial charge is 0.382 e. The van der Waals surface area contributed by atoms with Crippen LogP contribution in [-0.4, -0.2) is 20.1 Å². The molecule has 0 bridgehead atoms. The third kappa shape index (κ3) is 4.81. The SMILES string of the molecule is CC(C)CC1CCCC(Nc2ccc(N(C)C)c(Cl)c2)C1. The van der Waals surface area contributed by atoms with E-state index in [0.717, 1.165) is 28.2 Å². The molecule has 1 aromatic rings. The fourth-order valence-corrected chi connectivity index (χ4v) is 3.85. The molecule has 3 heteroatoms. The fourth-order valence-electron chi connectivity index (χ4n) is 3.50. The van der Waals surface area contributed by atoms with Gasteiger partial charge in [0.15, 0.2) is 0 Å². The van der Waals surface area contributed by atoms with Gasteiger partial charge in [0.2, 0.25) is 0 Å². The molecule has 2 rings (SSSR count). The normalized spacial score (nSPS) is 22.4. The zero-order valence-electron chi connectivity index (χ0n) is 13.8. The van der Waals surface area contributed by atoms with Crippen LogP contribution < -0.4 is 10.2 Å². The highest BCUT2D eigenvalue weighted by molar-refractivity contribution is 6.33. The van der Waals surface area contributed by atoms with Crippen LogP contribution in [0.25, 0.3) is 0 Å². The molecule has 0 heterocycles. The van der Waals surface area contributed by atoms with Crippen molar-refractivity contribution in [2.24, 2.45) is 11.8 Å². The lowest BCUT2D eigenvalue weighted by Crippen LogP contribution is -2.28. The van der Waals surface area contributed by atoms with Crippen LogP contribution in [0.15, 0.2) is 18.2 Å². The number of benzene rings is 1. The molecule has 1 saturated carbocycles. The number of rotatable bonds is 5. The van der Waals surface area contributed by atoms with Crippen molar-refractivity contribution in [3.8, 4) is 0 Å². The van der Waals surface area contributed by atoms with Gasteiger partial charge in [-0.1, -0.05) is 38.3 Å². The predicted molar refractivity (Wildman–Crippen MR) is 94.6 cm³/mol. The second-order valence-electron chi connectivity index (χ2n) is 7.06. The van der Waals surface area contributed by atoms with Crippen LogP contribution in [0.1, 0.15) is 46.0 Å². The summed E-state index contributed by atoms with van der Waals surface area (Å²) in [5.41, 5.74) is 2.23. The van der Waals surface area contributed by atoms with Gasteiger partial charge in [-0.3, -0.25) is 0 Å². The number of anilines is 2. The molecule has 1 aromatic carbocycles. The van der Waals surface area contributed by atoms with Crippen LogP contribution >= 0.6 is 11.6 Å². The van der Waals surface area contributed by atoms with E-state index in [4.69, 9.17) is 11.6 Å². The first-order valence-corrected chi connectivity index (χ1v) is 8.57. The molecular formula is C18H29ClN2. The summed E-state index contributed by atoms with van der Waals surface area (Å²) < 4.78 is 0. The maximum Gasteiger partial charge on any atom is 0.0659 e. The van der Waals surface area contributed by atoms with Crippen LogP contribution in [0.2, 0.25) is 5.02 Å². The van der Waals surface area contributed by atoms with Crippen LogP contribution in [0, 0.1) is 11.8 Å². The molecule has 0 amide bonds.